The summed E-state index contributed by atoms with van der Waals surface area (Å²) in [4.78, 5) is 24.7. The highest BCUT2D eigenvalue weighted by atomic mass is 16.6. The van der Waals surface area contributed by atoms with Gasteiger partial charge in [-0.1, -0.05) is 340 Å². The molecule has 73 heavy (non-hydrogen) atoms. The van der Waals surface area contributed by atoms with Crippen LogP contribution >= 0.6 is 0 Å². The van der Waals surface area contributed by atoms with Crippen molar-refractivity contribution in [3.05, 3.63) is 12.2 Å². The fraction of sp³-hybridized carbons (Fsp3) is 0.940. The maximum absolute atomic E-state index is 12.5. The number of ether oxygens (including phenoxy) is 2. The molecule has 2 N–H and O–H groups in total. The first kappa shape index (κ1) is 69.6. The second kappa shape index (κ2) is 56.8. The average Bonchev–Trinajstić information content (AvgIpc) is 3.46. The first-order valence-electron chi connectivity index (χ1n) is 33.3. The largest absolute Gasteiger partial charge is 0.465 e. The molecule has 1 fully saturated rings. The standard InChI is InChI=1S/C67H128O6/c1-2-3-4-5-6-7-8-9-10-11-12-13-14-15-16-17-18-19-20-21-22-23-24-25-26-27-28-29-30-31-32-33-34-35-36-37-38-39-40-41-42-43-44-45-46-47-48-49-50-51-52-53-54-55-56-57-58-64-59-65(70)72-62-67(60-68,61-69)63-73-66(64)71/h50-51,64,68-69H,2-49,52-63H2,1H3/b51-50+. The lowest BCUT2D eigenvalue weighted by Gasteiger charge is -2.27. The Hall–Kier alpha value is -1.40. The maximum Gasteiger partial charge on any atom is 0.309 e. The fourth-order valence-electron chi connectivity index (χ4n) is 11.1. The molecule has 0 amide bonds. The molecule has 0 saturated carbocycles. The summed E-state index contributed by atoms with van der Waals surface area (Å²) >= 11 is 0. The maximum atomic E-state index is 12.5. The minimum absolute atomic E-state index is 0.00355. The molecule has 432 valence electrons. The number of cyclic esters (lactones) is 2. The normalized spacial score (nSPS) is 15.2. The van der Waals surface area contributed by atoms with Crippen LogP contribution in [-0.2, 0) is 19.1 Å². The van der Waals surface area contributed by atoms with Gasteiger partial charge in [-0.15, -0.1) is 0 Å². The predicted octanol–water partition coefficient (Wildman–Crippen LogP) is 21.1. The number of rotatable bonds is 58. The van der Waals surface area contributed by atoms with Crippen LogP contribution in [0.5, 0.6) is 0 Å². The lowest BCUT2D eigenvalue weighted by Crippen LogP contribution is -2.40. The Kier molecular flexibility index (Phi) is 54.2. The molecule has 0 radical (unpaired) electrons. The van der Waals surface area contributed by atoms with E-state index >= 15 is 0 Å². The fourth-order valence-corrected chi connectivity index (χ4v) is 11.1. The summed E-state index contributed by atoms with van der Waals surface area (Å²) in [5, 5.41) is 19.2. The van der Waals surface area contributed by atoms with Gasteiger partial charge in [0.05, 0.1) is 31.0 Å². The number of hydrogen-bond acceptors (Lipinski definition) is 6. The van der Waals surface area contributed by atoms with Crippen molar-refractivity contribution < 1.29 is 29.3 Å². The van der Waals surface area contributed by atoms with E-state index in [1.165, 1.54) is 321 Å². The number of carbonyl (C=O) groups excluding carboxylic acids is 2. The van der Waals surface area contributed by atoms with Crippen LogP contribution in [0.25, 0.3) is 0 Å². The van der Waals surface area contributed by atoms with E-state index in [1.807, 2.05) is 0 Å². The van der Waals surface area contributed by atoms with Crippen molar-refractivity contribution in [1.82, 2.24) is 0 Å². The predicted molar refractivity (Wildman–Crippen MR) is 315 cm³/mol. The van der Waals surface area contributed by atoms with Crippen molar-refractivity contribution in [1.29, 1.82) is 0 Å². The summed E-state index contributed by atoms with van der Waals surface area (Å²) in [7, 11) is 0. The molecule has 0 aromatic heterocycles. The van der Waals surface area contributed by atoms with Gasteiger partial charge >= 0.3 is 11.9 Å². The van der Waals surface area contributed by atoms with E-state index in [0.29, 0.717) is 6.42 Å². The monoisotopic (exact) mass is 1030 g/mol. The van der Waals surface area contributed by atoms with Gasteiger partial charge in [0, 0.05) is 0 Å². The molecule has 0 spiro atoms. The molecule has 0 bridgehead atoms. The first-order chi connectivity index (χ1) is 36.1. The van der Waals surface area contributed by atoms with E-state index < -0.39 is 36.5 Å². The zero-order chi connectivity index (χ0) is 52.5. The van der Waals surface area contributed by atoms with Crippen LogP contribution in [0.2, 0.25) is 0 Å². The molecule has 6 nitrogen and oxygen atoms in total. The van der Waals surface area contributed by atoms with Crippen LogP contribution < -0.4 is 0 Å². The van der Waals surface area contributed by atoms with E-state index in [0.717, 1.165) is 25.7 Å². The second-order valence-corrected chi connectivity index (χ2v) is 23.9. The van der Waals surface area contributed by atoms with Gasteiger partial charge in [0.1, 0.15) is 13.2 Å². The number of aliphatic hydroxyl groups is 2. The number of unbranched alkanes of at least 4 members (excludes halogenated alkanes) is 52. The van der Waals surface area contributed by atoms with E-state index in [9.17, 15) is 19.8 Å². The zero-order valence-electron chi connectivity index (χ0n) is 49.2. The molecule has 1 heterocycles. The number of allylic oxidation sites excluding steroid dienone is 2. The van der Waals surface area contributed by atoms with Gasteiger partial charge in [0.25, 0.3) is 0 Å². The van der Waals surface area contributed by atoms with Crippen molar-refractivity contribution in [2.75, 3.05) is 26.4 Å². The molecular formula is C67H128O6. The highest BCUT2D eigenvalue weighted by molar-refractivity contribution is 5.80. The van der Waals surface area contributed by atoms with E-state index in [4.69, 9.17) is 9.47 Å². The average molecular weight is 1030 g/mol. The van der Waals surface area contributed by atoms with Crippen molar-refractivity contribution >= 4 is 11.9 Å². The third kappa shape index (κ3) is 48.7. The lowest BCUT2D eigenvalue weighted by atomic mass is 9.92. The van der Waals surface area contributed by atoms with Gasteiger partial charge in [-0.2, -0.15) is 0 Å². The first-order valence-corrected chi connectivity index (χ1v) is 33.3. The third-order valence-corrected chi connectivity index (χ3v) is 16.5. The number of aliphatic hydroxyl groups excluding tert-OH is 2. The summed E-state index contributed by atoms with van der Waals surface area (Å²) in [5.74, 6) is -1.42. The van der Waals surface area contributed by atoms with Crippen LogP contribution in [0.3, 0.4) is 0 Å². The second-order valence-electron chi connectivity index (χ2n) is 23.9. The Bertz CT molecular complexity index is 1150. The lowest BCUT2D eigenvalue weighted by molar-refractivity contribution is -0.155. The van der Waals surface area contributed by atoms with Gasteiger partial charge in [-0.25, -0.2) is 0 Å². The summed E-state index contributed by atoms with van der Waals surface area (Å²) in [6, 6.07) is 0. The number of esters is 2. The smallest absolute Gasteiger partial charge is 0.309 e. The number of carbonyl (C=O) groups is 2. The van der Waals surface area contributed by atoms with Crippen LogP contribution in [0.15, 0.2) is 12.2 Å². The topological polar surface area (TPSA) is 93.1 Å². The Morgan fingerprint density at radius 2 is 0.589 bits per heavy atom. The molecule has 1 atom stereocenters. The molecule has 1 rings (SSSR count). The Morgan fingerprint density at radius 1 is 0.356 bits per heavy atom. The van der Waals surface area contributed by atoms with E-state index in [2.05, 4.69) is 19.1 Å². The van der Waals surface area contributed by atoms with Crippen molar-refractivity contribution in [3.63, 3.8) is 0 Å². The molecule has 1 saturated heterocycles. The van der Waals surface area contributed by atoms with Gasteiger partial charge in [-0.3, -0.25) is 9.59 Å². The van der Waals surface area contributed by atoms with Crippen molar-refractivity contribution in [2.45, 2.75) is 366 Å². The summed E-state index contributed by atoms with van der Waals surface area (Å²) in [6.07, 6.45) is 81.7. The van der Waals surface area contributed by atoms with Crippen LogP contribution in [0, 0.1) is 11.3 Å². The molecule has 0 aromatic rings. The Morgan fingerprint density at radius 3 is 0.849 bits per heavy atom. The van der Waals surface area contributed by atoms with Gasteiger partial charge in [0.2, 0.25) is 0 Å². The molecule has 6 heteroatoms. The summed E-state index contributed by atoms with van der Waals surface area (Å²) in [5.41, 5.74) is -1.13. The summed E-state index contributed by atoms with van der Waals surface area (Å²) in [6.45, 7) is 1.20. The quantitative estimate of drug-likeness (QED) is 0.0358. The molecule has 1 unspecified atom stereocenters. The number of hydrogen-bond donors (Lipinski definition) is 2. The molecule has 0 aliphatic carbocycles. The van der Waals surface area contributed by atoms with Crippen LogP contribution in [0.1, 0.15) is 366 Å². The molecular weight excluding hydrogens is 901 g/mol. The van der Waals surface area contributed by atoms with E-state index in [1.54, 1.807) is 0 Å². The Balaban J connectivity index is 1.67. The zero-order valence-corrected chi connectivity index (χ0v) is 49.2. The minimum atomic E-state index is -1.13. The van der Waals surface area contributed by atoms with Gasteiger partial charge in [0.15, 0.2) is 0 Å². The highest BCUT2D eigenvalue weighted by Crippen LogP contribution is 2.25. The van der Waals surface area contributed by atoms with Gasteiger partial charge in [-0.05, 0) is 32.1 Å². The van der Waals surface area contributed by atoms with Crippen molar-refractivity contribution in [2.24, 2.45) is 11.3 Å². The minimum Gasteiger partial charge on any atom is -0.465 e. The summed E-state index contributed by atoms with van der Waals surface area (Å²) < 4.78 is 10.6. The van der Waals surface area contributed by atoms with Crippen molar-refractivity contribution in [3.8, 4) is 0 Å². The van der Waals surface area contributed by atoms with Gasteiger partial charge < -0.3 is 19.7 Å². The highest BCUT2D eigenvalue weighted by Gasteiger charge is 2.36. The Labute approximate surface area is 455 Å². The molecule has 0 aromatic carbocycles. The van der Waals surface area contributed by atoms with Crippen LogP contribution in [0.4, 0.5) is 0 Å². The SMILES string of the molecule is CCCCCCCCCCCCCCCCCCCCCCCCCCCCCCCCCCCCCCCCCCCCCCCCC/C=C/CCCCCCCC1CC(=O)OCC(CO)(CO)COC1=O. The van der Waals surface area contributed by atoms with E-state index in [-0.39, 0.29) is 19.6 Å². The van der Waals surface area contributed by atoms with Crippen LogP contribution in [-0.4, -0.2) is 48.6 Å². The molecule has 1 aliphatic rings. The molecule has 1 aliphatic heterocycles. The third-order valence-electron chi connectivity index (χ3n) is 16.5.